The molecule has 1 atom stereocenters. The van der Waals surface area contributed by atoms with Crippen molar-refractivity contribution in [3.8, 4) is 0 Å². The Kier molecular flexibility index (Phi) is 10.5. The topological polar surface area (TPSA) is 86.8 Å². The van der Waals surface area contributed by atoms with Crippen molar-refractivity contribution in [2.75, 3.05) is 23.7 Å². The summed E-state index contributed by atoms with van der Waals surface area (Å²) >= 11 is 18.1. The molecule has 0 saturated heterocycles. The highest BCUT2D eigenvalue weighted by Gasteiger charge is 2.26. The maximum Gasteiger partial charge on any atom is 0.242 e. The number of amides is 2. The first-order valence-corrected chi connectivity index (χ1v) is 13.7. The largest absolute Gasteiger partial charge is 0.355 e. The summed E-state index contributed by atoms with van der Waals surface area (Å²) in [5, 5.41) is 3.88. The lowest BCUT2D eigenvalue weighted by molar-refractivity contribution is -0.140. The molecule has 2 amide bonds. The summed E-state index contributed by atoms with van der Waals surface area (Å²) in [7, 11) is -3.59. The molecule has 2 rings (SSSR count). The Morgan fingerprint density at radius 3 is 2.35 bits per heavy atom. The van der Waals surface area contributed by atoms with Gasteiger partial charge in [0.25, 0.3) is 0 Å². The van der Waals surface area contributed by atoms with Crippen molar-refractivity contribution in [2.24, 2.45) is 0 Å². The molecule has 0 aliphatic rings. The van der Waals surface area contributed by atoms with Gasteiger partial charge in [0.1, 0.15) is 6.04 Å². The molecular weight excluding hydrogens is 521 g/mol. The summed E-state index contributed by atoms with van der Waals surface area (Å²) < 4.78 is 25.9. The van der Waals surface area contributed by atoms with Gasteiger partial charge in [-0.15, -0.1) is 0 Å². The van der Waals surface area contributed by atoms with Crippen LogP contribution in [0.2, 0.25) is 15.1 Å². The van der Waals surface area contributed by atoms with Gasteiger partial charge in [0, 0.05) is 31.1 Å². The molecule has 2 aromatic rings. The molecule has 0 unspecified atom stereocenters. The van der Waals surface area contributed by atoms with Crippen LogP contribution >= 0.6 is 34.8 Å². The van der Waals surface area contributed by atoms with Crippen molar-refractivity contribution in [3.05, 3.63) is 63.1 Å². The van der Waals surface area contributed by atoms with E-state index in [0.717, 1.165) is 11.8 Å². The molecule has 2 aromatic carbocycles. The quantitative estimate of drug-likeness (QED) is 0.439. The molecule has 0 spiro atoms. The first-order chi connectivity index (χ1) is 15.9. The van der Waals surface area contributed by atoms with Crippen LogP contribution in [0.4, 0.5) is 5.69 Å². The molecule has 0 heterocycles. The predicted octanol–water partition coefficient (Wildman–Crippen LogP) is 4.75. The van der Waals surface area contributed by atoms with Gasteiger partial charge in [-0.3, -0.25) is 13.9 Å². The van der Waals surface area contributed by atoms with Crippen LogP contribution in [0.1, 0.15) is 32.3 Å². The van der Waals surface area contributed by atoms with Crippen molar-refractivity contribution in [1.29, 1.82) is 0 Å². The molecule has 0 bridgehead atoms. The monoisotopic (exact) mass is 547 g/mol. The van der Waals surface area contributed by atoms with Crippen molar-refractivity contribution in [1.82, 2.24) is 10.2 Å². The van der Waals surface area contributed by atoms with E-state index in [1.165, 1.54) is 9.21 Å². The molecule has 0 aromatic heterocycles. The van der Waals surface area contributed by atoms with Gasteiger partial charge in [-0.05, 0) is 56.2 Å². The number of rotatable bonds is 11. The van der Waals surface area contributed by atoms with E-state index in [1.807, 2.05) is 0 Å². The number of carbonyl (C=O) groups is 2. The smallest absolute Gasteiger partial charge is 0.242 e. The zero-order chi connectivity index (χ0) is 25.5. The van der Waals surface area contributed by atoms with Crippen molar-refractivity contribution < 1.29 is 18.0 Å². The van der Waals surface area contributed by atoms with Crippen LogP contribution in [0.3, 0.4) is 0 Å². The van der Waals surface area contributed by atoms with E-state index in [9.17, 15) is 18.0 Å². The van der Waals surface area contributed by atoms with Crippen molar-refractivity contribution in [3.63, 3.8) is 0 Å². The number of likely N-dealkylation sites (N-methyl/N-ethyl adjacent to an activating group) is 1. The van der Waals surface area contributed by atoms with Gasteiger partial charge in [0.15, 0.2) is 0 Å². The second kappa shape index (κ2) is 12.6. The molecule has 11 heteroatoms. The fourth-order valence-electron chi connectivity index (χ4n) is 3.37. The van der Waals surface area contributed by atoms with E-state index >= 15 is 0 Å². The van der Waals surface area contributed by atoms with Gasteiger partial charge in [-0.25, -0.2) is 8.42 Å². The fraction of sp³-hybridized carbons (Fsp3) is 0.391. The fourth-order valence-corrected chi connectivity index (χ4v) is 4.84. The average molecular weight is 549 g/mol. The van der Waals surface area contributed by atoms with E-state index in [0.29, 0.717) is 27.3 Å². The lowest BCUT2D eigenvalue weighted by Gasteiger charge is -2.29. The molecule has 34 heavy (non-hydrogen) atoms. The standard InChI is InChI=1S/C23H28Cl3N3O4S/c1-4-27-23(31)16(2)28(15-17-10-11-20(25)21(26)13-17)22(30)9-6-12-29(34(3,32)33)19-8-5-7-18(24)14-19/h5,7-8,10-11,13-14,16H,4,6,9,12,15H2,1-3H3,(H,27,31)/t16-/m0/s1. The number of sulfonamides is 1. The maximum absolute atomic E-state index is 13.2. The third-order valence-corrected chi connectivity index (χ3v) is 7.27. The third kappa shape index (κ3) is 8.05. The predicted molar refractivity (Wildman–Crippen MR) is 138 cm³/mol. The van der Waals surface area contributed by atoms with Gasteiger partial charge < -0.3 is 10.2 Å². The first kappa shape index (κ1) is 28.2. The van der Waals surface area contributed by atoms with Gasteiger partial charge in [-0.1, -0.05) is 46.9 Å². The molecule has 1 N–H and O–H groups in total. The van der Waals surface area contributed by atoms with Gasteiger partial charge in [0.2, 0.25) is 21.8 Å². The second-order valence-corrected chi connectivity index (χ2v) is 10.9. The number of nitrogens with one attached hydrogen (secondary N) is 1. The van der Waals surface area contributed by atoms with Gasteiger partial charge in [-0.2, -0.15) is 0 Å². The minimum atomic E-state index is -3.59. The number of benzene rings is 2. The number of carbonyl (C=O) groups excluding carboxylic acids is 2. The molecule has 7 nitrogen and oxygen atoms in total. The van der Waals surface area contributed by atoms with Crippen LogP contribution in [-0.4, -0.2) is 50.5 Å². The summed E-state index contributed by atoms with van der Waals surface area (Å²) in [6.45, 7) is 4.11. The zero-order valence-electron chi connectivity index (χ0n) is 19.2. The maximum atomic E-state index is 13.2. The number of nitrogens with zero attached hydrogens (tertiary/aromatic N) is 2. The summed E-state index contributed by atoms with van der Waals surface area (Å²) in [6.07, 6.45) is 1.39. The van der Waals surface area contributed by atoms with E-state index in [2.05, 4.69) is 5.32 Å². The normalized spacial score (nSPS) is 12.2. The Bertz CT molecular complexity index is 1130. The third-order valence-electron chi connectivity index (χ3n) is 5.10. The van der Waals surface area contributed by atoms with E-state index < -0.39 is 16.1 Å². The molecule has 186 valence electrons. The van der Waals surface area contributed by atoms with Crippen molar-refractivity contribution >= 4 is 62.3 Å². The average Bonchev–Trinajstić information content (AvgIpc) is 2.76. The summed E-state index contributed by atoms with van der Waals surface area (Å²) in [6, 6.07) is 10.8. The molecule has 0 saturated carbocycles. The Labute approximate surface area is 216 Å². The zero-order valence-corrected chi connectivity index (χ0v) is 22.3. The SMILES string of the molecule is CCNC(=O)[C@H](C)N(Cc1ccc(Cl)c(Cl)c1)C(=O)CCCN(c1cccc(Cl)c1)S(C)(=O)=O. The minimum absolute atomic E-state index is 0.0393. The lowest BCUT2D eigenvalue weighted by Crippen LogP contribution is -2.47. The number of hydrogen-bond acceptors (Lipinski definition) is 4. The molecule has 0 fully saturated rings. The van der Waals surface area contributed by atoms with E-state index in [4.69, 9.17) is 34.8 Å². The molecule has 0 radical (unpaired) electrons. The van der Waals surface area contributed by atoms with Crippen molar-refractivity contribution in [2.45, 2.75) is 39.3 Å². The number of anilines is 1. The van der Waals surface area contributed by atoms with Gasteiger partial charge in [0.05, 0.1) is 22.0 Å². The van der Waals surface area contributed by atoms with Crippen LogP contribution in [0.15, 0.2) is 42.5 Å². The second-order valence-electron chi connectivity index (χ2n) is 7.76. The highest BCUT2D eigenvalue weighted by molar-refractivity contribution is 7.92. The van der Waals surface area contributed by atoms with Crippen LogP contribution in [-0.2, 0) is 26.2 Å². The van der Waals surface area contributed by atoms with Crippen LogP contribution in [0, 0.1) is 0 Å². The Hall–Kier alpha value is -2.00. The summed E-state index contributed by atoms with van der Waals surface area (Å²) in [5.41, 5.74) is 1.14. The highest BCUT2D eigenvalue weighted by Crippen LogP contribution is 2.25. The van der Waals surface area contributed by atoms with Crippen LogP contribution in [0.5, 0.6) is 0 Å². The number of halogens is 3. The molecule has 0 aliphatic heterocycles. The highest BCUT2D eigenvalue weighted by atomic mass is 35.5. The Morgan fingerprint density at radius 1 is 1.06 bits per heavy atom. The number of hydrogen-bond donors (Lipinski definition) is 1. The molecular formula is C23H28Cl3N3O4S. The lowest BCUT2D eigenvalue weighted by atomic mass is 10.1. The van der Waals surface area contributed by atoms with Gasteiger partial charge >= 0.3 is 0 Å². The van der Waals surface area contributed by atoms with E-state index in [1.54, 1.807) is 56.3 Å². The minimum Gasteiger partial charge on any atom is -0.355 e. The Balaban J connectivity index is 2.18. The first-order valence-electron chi connectivity index (χ1n) is 10.7. The van der Waals surface area contributed by atoms with E-state index in [-0.39, 0.29) is 37.7 Å². The summed E-state index contributed by atoms with van der Waals surface area (Å²) in [4.78, 5) is 27.1. The van der Waals surface area contributed by atoms with Crippen LogP contribution < -0.4 is 9.62 Å². The van der Waals surface area contributed by atoms with Crippen LogP contribution in [0.25, 0.3) is 0 Å². The summed E-state index contributed by atoms with van der Waals surface area (Å²) in [5.74, 6) is -0.572. The Morgan fingerprint density at radius 2 is 1.76 bits per heavy atom. The molecule has 0 aliphatic carbocycles.